The van der Waals surface area contributed by atoms with E-state index in [9.17, 15) is 4.79 Å². The van der Waals surface area contributed by atoms with E-state index in [1.54, 1.807) is 19.2 Å². The predicted molar refractivity (Wildman–Crippen MR) is 87.3 cm³/mol. The van der Waals surface area contributed by atoms with E-state index in [1.165, 1.54) is 25.7 Å². The summed E-state index contributed by atoms with van der Waals surface area (Å²) in [6.07, 6.45) is 5.12. The van der Waals surface area contributed by atoms with Crippen LogP contribution >= 0.6 is 0 Å². The number of nitrogens with one attached hydrogen (secondary N) is 1. The summed E-state index contributed by atoms with van der Waals surface area (Å²) < 4.78 is 10.5. The molecule has 0 amide bonds. The van der Waals surface area contributed by atoms with Gasteiger partial charge >= 0.3 is 5.63 Å². The molecule has 22 heavy (non-hydrogen) atoms. The summed E-state index contributed by atoms with van der Waals surface area (Å²) in [4.78, 5) is 11.8. The number of hydrogen-bond acceptors (Lipinski definition) is 4. The topological polar surface area (TPSA) is 51.5 Å². The fraction of sp³-hybridized carbons (Fsp3) is 0.500. The highest BCUT2D eigenvalue weighted by molar-refractivity contribution is 5.81. The fourth-order valence-corrected chi connectivity index (χ4v) is 3.34. The zero-order valence-electron chi connectivity index (χ0n) is 13.2. The van der Waals surface area contributed by atoms with Crippen LogP contribution in [-0.2, 0) is 6.54 Å². The lowest BCUT2D eigenvalue weighted by Gasteiger charge is -2.29. The first-order valence-corrected chi connectivity index (χ1v) is 8.01. The molecular weight excluding hydrogens is 278 g/mol. The van der Waals surface area contributed by atoms with Crippen LogP contribution in [0.2, 0.25) is 0 Å². The average Bonchev–Trinajstić information content (AvgIpc) is 2.53. The summed E-state index contributed by atoms with van der Waals surface area (Å²) in [5.74, 6) is 1.39. The molecule has 0 radical (unpaired) electrons. The molecule has 1 saturated carbocycles. The van der Waals surface area contributed by atoms with Crippen molar-refractivity contribution >= 4 is 11.0 Å². The Labute approximate surface area is 130 Å². The van der Waals surface area contributed by atoms with Gasteiger partial charge in [-0.1, -0.05) is 19.8 Å². The SMILES string of the molecule is COc1ccc2c(CN[C@@H]3CCCC[C@H]3C)cc(=O)oc2c1. The van der Waals surface area contributed by atoms with Crippen LogP contribution < -0.4 is 15.7 Å². The van der Waals surface area contributed by atoms with Crippen LogP contribution in [0.3, 0.4) is 0 Å². The van der Waals surface area contributed by atoms with Gasteiger partial charge in [0.15, 0.2) is 0 Å². The molecule has 1 heterocycles. The van der Waals surface area contributed by atoms with Crippen molar-refractivity contribution in [3.05, 3.63) is 40.2 Å². The number of ether oxygens (including phenoxy) is 1. The standard InChI is InChI=1S/C18H23NO3/c1-12-5-3-4-6-16(12)19-11-13-9-18(20)22-17-10-14(21-2)7-8-15(13)17/h7-10,12,16,19H,3-6,11H2,1-2H3/t12-,16-/m1/s1. The molecule has 0 spiro atoms. The normalized spacial score (nSPS) is 21.9. The van der Waals surface area contributed by atoms with Gasteiger partial charge in [-0.2, -0.15) is 0 Å². The molecule has 1 aromatic heterocycles. The number of rotatable bonds is 4. The molecule has 2 aromatic rings. The average molecular weight is 301 g/mol. The highest BCUT2D eigenvalue weighted by Crippen LogP contribution is 2.25. The van der Waals surface area contributed by atoms with E-state index in [0.717, 1.165) is 10.9 Å². The van der Waals surface area contributed by atoms with Gasteiger partial charge in [-0.15, -0.1) is 0 Å². The summed E-state index contributed by atoms with van der Waals surface area (Å²) in [6.45, 7) is 3.00. The molecule has 0 bridgehead atoms. The van der Waals surface area contributed by atoms with Crippen molar-refractivity contribution in [3.8, 4) is 5.75 Å². The number of benzene rings is 1. The second kappa shape index (κ2) is 6.53. The molecular formula is C18H23NO3. The van der Waals surface area contributed by atoms with Crippen LogP contribution in [0.25, 0.3) is 11.0 Å². The Morgan fingerprint density at radius 2 is 2.09 bits per heavy atom. The van der Waals surface area contributed by atoms with Crippen LogP contribution in [0.4, 0.5) is 0 Å². The maximum Gasteiger partial charge on any atom is 0.336 e. The summed E-state index contributed by atoms with van der Waals surface area (Å²) >= 11 is 0. The predicted octanol–water partition coefficient (Wildman–Crippen LogP) is 3.47. The monoisotopic (exact) mass is 301 g/mol. The molecule has 2 atom stereocenters. The van der Waals surface area contributed by atoms with Crippen molar-refractivity contribution in [1.82, 2.24) is 5.32 Å². The molecule has 0 unspecified atom stereocenters. The first-order chi connectivity index (χ1) is 10.7. The van der Waals surface area contributed by atoms with Crippen LogP contribution in [-0.4, -0.2) is 13.2 Å². The van der Waals surface area contributed by atoms with Gasteiger partial charge in [-0.05, 0) is 36.5 Å². The lowest BCUT2D eigenvalue weighted by atomic mass is 9.86. The highest BCUT2D eigenvalue weighted by Gasteiger charge is 2.20. The summed E-state index contributed by atoms with van der Waals surface area (Å²) in [5.41, 5.74) is 1.27. The van der Waals surface area contributed by atoms with E-state index >= 15 is 0 Å². The molecule has 118 valence electrons. The molecule has 4 nitrogen and oxygen atoms in total. The Morgan fingerprint density at radius 3 is 2.86 bits per heavy atom. The maximum absolute atomic E-state index is 11.8. The third kappa shape index (κ3) is 3.17. The summed E-state index contributed by atoms with van der Waals surface area (Å²) in [5, 5.41) is 4.59. The quantitative estimate of drug-likeness (QED) is 0.879. The van der Waals surface area contributed by atoms with Gasteiger partial charge in [-0.3, -0.25) is 0 Å². The molecule has 1 aromatic carbocycles. The van der Waals surface area contributed by atoms with Gasteiger partial charge in [0.25, 0.3) is 0 Å². The molecule has 4 heteroatoms. The minimum absolute atomic E-state index is 0.311. The van der Waals surface area contributed by atoms with E-state index in [1.807, 2.05) is 12.1 Å². The Hall–Kier alpha value is -1.81. The van der Waals surface area contributed by atoms with Crippen LogP contribution in [0.15, 0.2) is 33.5 Å². The fourth-order valence-electron chi connectivity index (χ4n) is 3.34. The number of hydrogen-bond donors (Lipinski definition) is 1. The van der Waals surface area contributed by atoms with E-state index < -0.39 is 0 Å². The van der Waals surface area contributed by atoms with Gasteiger partial charge in [0.2, 0.25) is 0 Å². The van der Waals surface area contributed by atoms with Gasteiger partial charge in [-0.25, -0.2) is 4.79 Å². The number of fused-ring (bicyclic) bond motifs is 1. The van der Waals surface area contributed by atoms with Crippen molar-refractivity contribution in [2.75, 3.05) is 7.11 Å². The van der Waals surface area contributed by atoms with Crippen molar-refractivity contribution in [1.29, 1.82) is 0 Å². The summed E-state index contributed by atoms with van der Waals surface area (Å²) in [6, 6.07) is 7.75. The summed E-state index contributed by atoms with van der Waals surface area (Å²) in [7, 11) is 1.61. The zero-order chi connectivity index (χ0) is 15.5. The van der Waals surface area contributed by atoms with Crippen molar-refractivity contribution < 1.29 is 9.15 Å². The van der Waals surface area contributed by atoms with E-state index in [4.69, 9.17) is 9.15 Å². The second-order valence-corrected chi connectivity index (χ2v) is 6.20. The Morgan fingerprint density at radius 1 is 1.27 bits per heavy atom. The number of methoxy groups -OCH3 is 1. The van der Waals surface area contributed by atoms with Gasteiger partial charge in [0.1, 0.15) is 11.3 Å². The molecule has 1 fully saturated rings. The minimum atomic E-state index is -0.311. The highest BCUT2D eigenvalue weighted by atomic mass is 16.5. The van der Waals surface area contributed by atoms with Crippen LogP contribution in [0.5, 0.6) is 5.75 Å². The van der Waals surface area contributed by atoms with Gasteiger partial charge < -0.3 is 14.5 Å². The smallest absolute Gasteiger partial charge is 0.336 e. The third-order valence-electron chi connectivity index (χ3n) is 4.70. The Balaban J connectivity index is 1.85. The van der Waals surface area contributed by atoms with E-state index in [0.29, 0.717) is 29.8 Å². The lowest BCUT2D eigenvalue weighted by molar-refractivity contribution is 0.279. The van der Waals surface area contributed by atoms with Gasteiger partial charge in [0.05, 0.1) is 7.11 Å². The molecule has 1 aliphatic rings. The Bertz CT molecular complexity index is 707. The van der Waals surface area contributed by atoms with Crippen molar-refractivity contribution in [3.63, 3.8) is 0 Å². The molecule has 3 rings (SSSR count). The van der Waals surface area contributed by atoms with Crippen molar-refractivity contribution in [2.45, 2.75) is 45.2 Å². The third-order valence-corrected chi connectivity index (χ3v) is 4.70. The second-order valence-electron chi connectivity index (χ2n) is 6.20. The molecule has 0 saturated heterocycles. The largest absolute Gasteiger partial charge is 0.497 e. The zero-order valence-corrected chi connectivity index (χ0v) is 13.2. The lowest BCUT2D eigenvalue weighted by Crippen LogP contribution is -2.36. The maximum atomic E-state index is 11.8. The van der Waals surface area contributed by atoms with Gasteiger partial charge in [0, 0.05) is 30.1 Å². The van der Waals surface area contributed by atoms with Crippen LogP contribution in [0, 0.1) is 5.92 Å². The Kier molecular flexibility index (Phi) is 4.48. The molecule has 1 N–H and O–H groups in total. The van der Waals surface area contributed by atoms with Crippen molar-refractivity contribution in [2.24, 2.45) is 5.92 Å². The van der Waals surface area contributed by atoms with Crippen LogP contribution in [0.1, 0.15) is 38.2 Å². The molecule has 0 aliphatic heterocycles. The first-order valence-electron chi connectivity index (χ1n) is 8.01. The minimum Gasteiger partial charge on any atom is -0.497 e. The first kappa shape index (κ1) is 15.1. The van der Waals surface area contributed by atoms with E-state index in [2.05, 4.69) is 12.2 Å². The van der Waals surface area contributed by atoms with E-state index in [-0.39, 0.29) is 5.63 Å². The molecule has 1 aliphatic carbocycles.